The third-order valence-corrected chi connectivity index (χ3v) is 4.28. The van der Waals surface area contributed by atoms with E-state index in [-0.39, 0.29) is 18.2 Å². The second-order valence-electron chi connectivity index (χ2n) is 5.91. The third-order valence-electron chi connectivity index (χ3n) is 4.28. The normalized spacial score (nSPS) is 22.9. The summed E-state index contributed by atoms with van der Waals surface area (Å²) in [5, 5.41) is 2.84. The fourth-order valence-electron chi connectivity index (χ4n) is 2.89. The second-order valence-corrected chi connectivity index (χ2v) is 5.91. The van der Waals surface area contributed by atoms with Crippen LogP contribution >= 0.6 is 0 Å². The minimum Gasteiger partial charge on any atom is -0.442 e. The maximum absolute atomic E-state index is 11.7. The van der Waals surface area contributed by atoms with Crippen molar-refractivity contribution in [2.24, 2.45) is 0 Å². The summed E-state index contributed by atoms with van der Waals surface area (Å²) in [6.45, 7) is 5.64. The molecule has 2 aliphatic heterocycles. The van der Waals surface area contributed by atoms with Gasteiger partial charge in [0, 0.05) is 25.7 Å². The first-order chi connectivity index (χ1) is 10.7. The molecule has 2 atom stereocenters. The van der Waals surface area contributed by atoms with Crippen LogP contribution in [-0.2, 0) is 22.5 Å². The van der Waals surface area contributed by atoms with Crippen LogP contribution < -0.4 is 10.8 Å². The lowest BCUT2D eigenvalue weighted by Gasteiger charge is -2.33. The van der Waals surface area contributed by atoms with Crippen LogP contribution in [0, 0.1) is 0 Å². The number of rotatable bonds is 4. The van der Waals surface area contributed by atoms with Gasteiger partial charge in [-0.05, 0) is 24.5 Å². The van der Waals surface area contributed by atoms with Gasteiger partial charge in [0.2, 0.25) is 0 Å². The van der Waals surface area contributed by atoms with Crippen molar-refractivity contribution in [2.45, 2.75) is 32.0 Å². The van der Waals surface area contributed by atoms with E-state index in [4.69, 9.17) is 9.57 Å². The van der Waals surface area contributed by atoms with Crippen LogP contribution in [0.4, 0.5) is 4.79 Å². The molecule has 1 aromatic rings. The number of carbonyl (C=O) groups excluding carboxylic acids is 1. The van der Waals surface area contributed by atoms with Crippen molar-refractivity contribution in [1.82, 2.24) is 15.7 Å². The fraction of sp³-hybridized carbons (Fsp3) is 0.562. The number of ether oxygens (including phenoxy) is 1. The molecule has 2 aliphatic rings. The standard InChI is InChI=1S/C16H23N3O3/c1-12(8-17-16(20)22-15-9-18-21-11-15)19-7-6-13-4-2-3-5-14(13)10-19/h2-5,12,15,18H,6-11H2,1H3,(H,17,20)/t12-,15-/m0/s1. The van der Waals surface area contributed by atoms with Crippen LogP contribution in [0.25, 0.3) is 0 Å². The summed E-state index contributed by atoms with van der Waals surface area (Å²) < 4.78 is 5.25. The lowest BCUT2D eigenvalue weighted by atomic mass is 9.99. The van der Waals surface area contributed by atoms with Gasteiger partial charge in [-0.3, -0.25) is 9.74 Å². The molecule has 0 spiro atoms. The Kier molecular flexibility index (Phi) is 4.92. The zero-order valence-electron chi connectivity index (χ0n) is 12.9. The minimum atomic E-state index is -0.374. The SMILES string of the molecule is C[C@@H](CNC(=O)O[C@H]1CNOC1)N1CCc2ccccc2C1. The number of hydrogen-bond donors (Lipinski definition) is 2. The second kappa shape index (κ2) is 7.09. The van der Waals surface area contributed by atoms with Crippen molar-refractivity contribution >= 4 is 6.09 Å². The Bertz CT molecular complexity index is 517. The van der Waals surface area contributed by atoms with Gasteiger partial charge in [0.1, 0.15) is 12.7 Å². The van der Waals surface area contributed by atoms with Gasteiger partial charge in [-0.25, -0.2) is 4.79 Å². The lowest BCUT2D eigenvalue weighted by Crippen LogP contribution is -2.45. The zero-order chi connectivity index (χ0) is 15.4. The van der Waals surface area contributed by atoms with Crippen molar-refractivity contribution in [2.75, 3.05) is 26.2 Å². The quantitative estimate of drug-likeness (QED) is 0.871. The van der Waals surface area contributed by atoms with E-state index in [1.807, 2.05) is 0 Å². The highest BCUT2D eigenvalue weighted by molar-refractivity contribution is 5.67. The van der Waals surface area contributed by atoms with Crippen molar-refractivity contribution in [1.29, 1.82) is 0 Å². The van der Waals surface area contributed by atoms with Crippen molar-refractivity contribution in [3.63, 3.8) is 0 Å². The molecule has 0 bridgehead atoms. The highest BCUT2D eigenvalue weighted by Crippen LogP contribution is 2.19. The van der Waals surface area contributed by atoms with Gasteiger partial charge in [-0.15, -0.1) is 0 Å². The Labute approximate surface area is 130 Å². The van der Waals surface area contributed by atoms with E-state index in [9.17, 15) is 4.79 Å². The van der Waals surface area contributed by atoms with Gasteiger partial charge in [0.25, 0.3) is 0 Å². The summed E-state index contributed by atoms with van der Waals surface area (Å²) in [6, 6.07) is 8.84. The van der Waals surface area contributed by atoms with E-state index < -0.39 is 0 Å². The molecular weight excluding hydrogens is 282 g/mol. The van der Waals surface area contributed by atoms with E-state index in [1.165, 1.54) is 11.1 Å². The van der Waals surface area contributed by atoms with Crippen molar-refractivity contribution in [3.8, 4) is 0 Å². The number of hydrogen-bond acceptors (Lipinski definition) is 5. The topological polar surface area (TPSA) is 62.8 Å². The number of carbonyl (C=O) groups is 1. The zero-order valence-corrected chi connectivity index (χ0v) is 12.9. The van der Waals surface area contributed by atoms with Crippen LogP contribution in [0.15, 0.2) is 24.3 Å². The van der Waals surface area contributed by atoms with Gasteiger partial charge >= 0.3 is 6.09 Å². The molecule has 1 fully saturated rings. The summed E-state index contributed by atoms with van der Waals surface area (Å²) in [5.41, 5.74) is 5.51. The molecule has 2 N–H and O–H groups in total. The third kappa shape index (κ3) is 3.76. The molecule has 3 rings (SSSR count). The smallest absolute Gasteiger partial charge is 0.407 e. The first-order valence-electron chi connectivity index (χ1n) is 7.82. The molecule has 120 valence electrons. The van der Waals surface area contributed by atoms with Crippen LogP contribution in [0.5, 0.6) is 0 Å². The Morgan fingerprint density at radius 3 is 3.09 bits per heavy atom. The van der Waals surface area contributed by atoms with Gasteiger partial charge in [-0.2, -0.15) is 5.48 Å². The van der Waals surface area contributed by atoms with E-state index >= 15 is 0 Å². The number of hydroxylamine groups is 1. The number of fused-ring (bicyclic) bond motifs is 1. The van der Waals surface area contributed by atoms with E-state index in [0.29, 0.717) is 19.7 Å². The van der Waals surface area contributed by atoms with Gasteiger partial charge in [0.05, 0.1) is 6.54 Å². The summed E-state index contributed by atoms with van der Waals surface area (Å²) >= 11 is 0. The highest BCUT2D eigenvalue weighted by Gasteiger charge is 2.22. The summed E-state index contributed by atoms with van der Waals surface area (Å²) in [5.74, 6) is 0. The molecular formula is C16H23N3O3. The Hall–Kier alpha value is -1.63. The number of nitrogens with zero attached hydrogens (tertiary/aromatic N) is 1. The largest absolute Gasteiger partial charge is 0.442 e. The van der Waals surface area contributed by atoms with Crippen molar-refractivity contribution < 1.29 is 14.4 Å². The maximum Gasteiger partial charge on any atom is 0.407 e. The Morgan fingerprint density at radius 1 is 1.50 bits per heavy atom. The molecule has 0 unspecified atom stereocenters. The predicted octanol–water partition coefficient (Wildman–Crippen LogP) is 1.06. The van der Waals surface area contributed by atoms with Gasteiger partial charge in [-0.1, -0.05) is 24.3 Å². The average molecular weight is 305 g/mol. The molecule has 1 amide bonds. The first kappa shape index (κ1) is 15.3. The number of alkyl carbamates (subject to hydrolysis) is 1. The predicted molar refractivity (Wildman–Crippen MR) is 82.2 cm³/mol. The Balaban J connectivity index is 1.44. The average Bonchev–Trinajstić information content (AvgIpc) is 3.05. The number of nitrogens with one attached hydrogen (secondary N) is 2. The Morgan fingerprint density at radius 2 is 2.32 bits per heavy atom. The van der Waals surface area contributed by atoms with Gasteiger partial charge in [0.15, 0.2) is 0 Å². The molecule has 0 saturated carbocycles. The molecule has 2 heterocycles. The molecule has 6 heteroatoms. The van der Waals surface area contributed by atoms with Crippen LogP contribution in [0.2, 0.25) is 0 Å². The summed E-state index contributed by atoms with van der Waals surface area (Å²) in [7, 11) is 0. The monoisotopic (exact) mass is 305 g/mol. The summed E-state index contributed by atoms with van der Waals surface area (Å²) in [6.07, 6.45) is 0.495. The fourth-order valence-corrected chi connectivity index (χ4v) is 2.89. The van der Waals surface area contributed by atoms with Crippen molar-refractivity contribution in [3.05, 3.63) is 35.4 Å². The number of amides is 1. The first-order valence-corrected chi connectivity index (χ1v) is 7.82. The maximum atomic E-state index is 11.7. The van der Waals surface area contributed by atoms with Crippen LogP contribution in [-0.4, -0.2) is 49.4 Å². The molecule has 1 aromatic carbocycles. The van der Waals surface area contributed by atoms with E-state index in [1.54, 1.807) is 0 Å². The molecule has 22 heavy (non-hydrogen) atoms. The van der Waals surface area contributed by atoms with E-state index in [2.05, 4.69) is 46.9 Å². The van der Waals surface area contributed by atoms with Crippen LogP contribution in [0.3, 0.4) is 0 Å². The van der Waals surface area contributed by atoms with Crippen LogP contribution in [0.1, 0.15) is 18.1 Å². The molecule has 0 radical (unpaired) electrons. The molecule has 6 nitrogen and oxygen atoms in total. The molecule has 0 aliphatic carbocycles. The highest BCUT2D eigenvalue weighted by atomic mass is 16.7. The summed E-state index contributed by atoms with van der Waals surface area (Å²) in [4.78, 5) is 19.1. The van der Waals surface area contributed by atoms with E-state index in [0.717, 1.165) is 19.5 Å². The number of benzene rings is 1. The molecule has 0 aromatic heterocycles. The minimum absolute atomic E-state index is 0.197. The molecule has 1 saturated heterocycles. The lowest BCUT2D eigenvalue weighted by molar-refractivity contribution is 0.0634. The van der Waals surface area contributed by atoms with Gasteiger partial charge < -0.3 is 10.1 Å².